The number of anilines is 2. The molecule has 1 aromatic carbocycles. The Bertz CT molecular complexity index is 523. The van der Waals surface area contributed by atoms with E-state index < -0.39 is 0 Å². The molecule has 2 N–H and O–H groups in total. The molecule has 0 amide bonds. The quantitative estimate of drug-likeness (QED) is 0.894. The Morgan fingerprint density at radius 2 is 2.00 bits per heavy atom. The molecule has 2 rings (SSSR count). The van der Waals surface area contributed by atoms with Crippen molar-refractivity contribution >= 4 is 11.5 Å². The highest BCUT2D eigenvalue weighted by molar-refractivity contribution is 5.50. The molecule has 2 aromatic rings. The van der Waals surface area contributed by atoms with E-state index in [-0.39, 0.29) is 0 Å². The van der Waals surface area contributed by atoms with E-state index >= 15 is 0 Å². The lowest BCUT2D eigenvalue weighted by Crippen LogP contribution is -2.23. The molecule has 0 aliphatic heterocycles. The van der Waals surface area contributed by atoms with Crippen LogP contribution < -0.4 is 10.6 Å². The lowest BCUT2D eigenvalue weighted by molar-refractivity contribution is 0.810. The van der Waals surface area contributed by atoms with Gasteiger partial charge in [-0.3, -0.25) is 0 Å². The van der Waals surface area contributed by atoms with Gasteiger partial charge in [0, 0.05) is 31.0 Å². The number of aromatic nitrogens is 1. The lowest BCUT2D eigenvalue weighted by atomic mass is 10.1. The van der Waals surface area contributed by atoms with Crippen molar-refractivity contribution in [2.45, 2.75) is 20.4 Å². The van der Waals surface area contributed by atoms with Crippen LogP contribution in [0.1, 0.15) is 18.1 Å². The number of hydrogen-bond acceptors (Lipinski definition) is 3. The van der Waals surface area contributed by atoms with Crippen LogP contribution in [0, 0.1) is 6.92 Å². The van der Waals surface area contributed by atoms with Crippen molar-refractivity contribution in [2.75, 3.05) is 17.2 Å². The second-order valence-corrected chi connectivity index (χ2v) is 4.39. The van der Waals surface area contributed by atoms with Crippen LogP contribution in [0.5, 0.6) is 0 Å². The molecule has 1 heterocycles. The van der Waals surface area contributed by atoms with Crippen molar-refractivity contribution in [3.63, 3.8) is 0 Å². The molecule has 0 radical (unpaired) electrons. The first-order chi connectivity index (χ1) is 8.70. The molecular weight excluding hydrogens is 222 g/mol. The smallest absolute Gasteiger partial charge is 0.130 e. The van der Waals surface area contributed by atoms with Crippen LogP contribution in [0.4, 0.5) is 11.5 Å². The Morgan fingerprint density at radius 1 is 1.22 bits per heavy atom. The fourth-order valence-electron chi connectivity index (χ4n) is 1.96. The summed E-state index contributed by atoms with van der Waals surface area (Å²) < 4.78 is 0. The van der Waals surface area contributed by atoms with Gasteiger partial charge in [0.2, 0.25) is 0 Å². The number of hydrogen-bond donors (Lipinski definition) is 1. The maximum atomic E-state index is 5.81. The second kappa shape index (κ2) is 5.54. The van der Waals surface area contributed by atoms with Crippen molar-refractivity contribution in [3.8, 4) is 0 Å². The molecule has 0 aliphatic rings. The first-order valence-corrected chi connectivity index (χ1v) is 6.21. The number of benzene rings is 1. The Labute approximate surface area is 108 Å². The summed E-state index contributed by atoms with van der Waals surface area (Å²) in [5.74, 6) is 0.931. The normalized spacial score (nSPS) is 10.3. The summed E-state index contributed by atoms with van der Waals surface area (Å²) in [7, 11) is 0. The number of nitrogens with zero attached hydrogens (tertiary/aromatic N) is 2. The predicted molar refractivity (Wildman–Crippen MR) is 76.6 cm³/mol. The minimum atomic E-state index is 0.753. The Kier molecular flexibility index (Phi) is 3.82. The topological polar surface area (TPSA) is 42.1 Å². The van der Waals surface area contributed by atoms with E-state index in [1.54, 1.807) is 6.20 Å². The first kappa shape index (κ1) is 12.4. The molecule has 0 saturated carbocycles. The number of nitrogen functional groups attached to an aromatic ring is 1. The summed E-state index contributed by atoms with van der Waals surface area (Å²) in [6.45, 7) is 6.03. The maximum absolute atomic E-state index is 5.81. The van der Waals surface area contributed by atoms with Gasteiger partial charge in [0.05, 0.1) is 0 Å². The zero-order chi connectivity index (χ0) is 13.0. The molecule has 18 heavy (non-hydrogen) atoms. The molecule has 0 unspecified atom stereocenters. The fraction of sp³-hybridized carbons (Fsp3) is 0.267. The van der Waals surface area contributed by atoms with Crippen molar-refractivity contribution in [1.29, 1.82) is 0 Å². The summed E-state index contributed by atoms with van der Waals surface area (Å²) in [6, 6.07) is 12.2. The highest BCUT2D eigenvalue weighted by atomic mass is 15.2. The largest absolute Gasteiger partial charge is 0.399 e. The predicted octanol–water partition coefficient (Wildman–Crippen LogP) is 3.00. The molecule has 0 bridgehead atoms. The average Bonchev–Trinajstić information content (AvgIpc) is 2.38. The third-order valence-electron chi connectivity index (χ3n) is 3.10. The average molecular weight is 241 g/mol. The number of nitrogens with two attached hydrogens (primary N) is 1. The third kappa shape index (κ3) is 2.80. The number of rotatable bonds is 4. The molecule has 0 spiro atoms. The van der Waals surface area contributed by atoms with Gasteiger partial charge in [-0.25, -0.2) is 4.98 Å². The third-order valence-corrected chi connectivity index (χ3v) is 3.10. The summed E-state index contributed by atoms with van der Waals surface area (Å²) in [4.78, 5) is 6.60. The number of aryl methyl sites for hydroxylation is 1. The zero-order valence-corrected chi connectivity index (χ0v) is 10.9. The van der Waals surface area contributed by atoms with E-state index in [0.717, 1.165) is 24.6 Å². The molecule has 0 saturated heterocycles. The van der Waals surface area contributed by atoms with Crippen molar-refractivity contribution in [2.24, 2.45) is 0 Å². The van der Waals surface area contributed by atoms with E-state index in [1.165, 1.54) is 11.1 Å². The summed E-state index contributed by atoms with van der Waals surface area (Å²) in [6.07, 6.45) is 1.76. The highest BCUT2D eigenvalue weighted by Gasteiger charge is 2.08. The van der Waals surface area contributed by atoms with Gasteiger partial charge in [-0.2, -0.15) is 0 Å². The van der Waals surface area contributed by atoms with E-state index in [1.807, 2.05) is 12.1 Å². The van der Waals surface area contributed by atoms with Gasteiger partial charge in [-0.15, -0.1) is 0 Å². The molecule has 0 aliphatic carbocycles. The minimum Gasteiger partial charge on any atom is -0.399 e. The molecule has 1 aromatic heterocycles. The van der Waals surface area contributed by atoms with Crippen LogP contribution >= 0.6 is 0 Å². The van der Waals surface area contributed by atoms with Gasteiger partial charge in [0.1, 0.15) is 5.82 Å². The maximum Gasteiger partial charge on any atom is 0.130 e. The second-order valence-electron chi connectivity index (χ2n) is 4.39. The Hall–Kier alpha value is -2.03. The zero-order valence-electron chi connectivity index (χ0n) is 10.9. The van der Waals surface area contributed by atoms with Gasteiger partial charge >= 0.3 is 0 Å². The summed E-state index contributed by atoms with van der Waals surface area (Å²) in [5.41, 5.74) is 9.19. The van der Waals surface area contributed by atoms with Gasteiger partial charge in [0.25, 0.3) is 0 Å². The van der Waals surface area contributed by atoms with Gasteiger partial charge in [-0.05, 0) is 31.0 Å². The van der Waals surface area contributed by atoms with E-state index in [0.29, 0.717) is 0 Å². The van der Waals surface area contributed by atoms with Crippen LogP contribution in [0.3, 0.4) is 0 Å². The monoisotopic (exact) mass is 241 g/mol. The van der Waals surface area contributed by atoms with Gasteiger partial charge in [-0.1, -0.05) is 24.3 Å². The molecule has 0 atom stereocenters. The van der Waals surface area contributed by atoms with Gasteiger partial charge < -0.3 is 10.6 Å². The molecule has 94 valence electrons. The highest BCUT2D eigenvalue weighted by Crippen LogP contribution is 2.18. The van der Waals surface area contributed by atoms with Crippen molar-refractivity contribution in [3.05, 3.63) is 53.7 Å². The summed E-state index contributed by atoms with van der Waals surface area (Å²) in [5, 5.41) is 0. The van der Waals surface area contributed by atoms with E-state index in [4.69, 9.17) is 5.73 Å². The van der Waals surface area contributed by atoms with Crippen molar-refractivity contribution < 1.29 is 0 Å². The standard InChI is InChI=1S/C15H19N3/c1-3-18(15-10-14(16)8-9-17-15)11-13-7-5-4-6-12(13)2/h4-10H,3,11H2,1-2H3,(H2,16,17). The number of pyridine rings is 1. The molecular formula is C15H19N3. The van der Waals surface area contributed by atoms with Crippen LogP contribution in [0.15, 0.2) is 42.6 Å². The van der Waals surface area contributed by atoms with Crippen LogP contribution in [0.2, 0.25) is 0 Å². The van der Waals surface area contributed by atoms with E-state index in [2.05, 4.69) is 48.0 Å². The minimum absolute atomic E-state index is 0.753. The van der Waals surface area contributed by atoms with Crippen LogP contribution in [-0.4, -0.2) is 11.5 Å². The molecule has 0 fully saturated rings. The van der Waals surface area contributed by atoms with Crippen LogP contribution in [-0.2, 0) is 6.54 Å². The molecule has 3 heteroatoms. The summed E-state index contributed by atoms with van der Waals surface area (Å²) >= 11 is 0. The lowest BCUT2D eigenvalue weighted by Gasteiger charge is -2.23. The van der Waals surface area contributed by atoms with E-state index in [9.17, 15) is 0 Å². The van der Waals surface area contributed by atoms with Crippen molar-refractivity contribution in [1.82, 2.24) is 4.98 Å². The molecule has 3 nitrogen and oxygen atoms in total. The SMILES string of the molecule is CCN(Cc1ccccc1C)c1cc(N)ccn1. The van der Waals surface area contributed by atoms with Crippen LogP contribution in [0.25, 0.3) is 0 Å². The Morgan fingerprint density at radius 3 is 2.67 bits per heavy atom. The van der Waals surface area contributed by atoms with Gasteiger partial charge in [0.15, 0.2) is 0 Å². The fourth-order valence-corrected chi connectivity index (χ4v) is 1.96. The Balaban J connectivity index is 2.23. The first-order valence-electron chi connectivity index (χ1n) is 6.21.